The van der Waals surface area contributed by atoms with Crippen molar-refractivity contribution in [2.24, 2.45) is 5.92 Å². The summed E-state index contributed by atoms with van der Waals surface area (Å²) >= 11 is 0. The first kappa shape index (κ1) is 22.2. The fourth-order valence-electron chi connectivity index (χ4n) is 4.34. The molecule has 0 bridgehead atoms. The van der Waals surface area contributed by atoms with E-state index in [2.05, 4.69) is 48.7 Å². The number of carbonyl (C=O) groups excluding carboxylic acids is 1. The van der Waals surface area contributed by atoms with Crippen LogP contribution in [0.3, 0.4) is 0 Å². The summed E-state index contributed by atoms with van der Waals surface area (Å²) in [5.74, 6) is 0.678. The van der Waals surface area contributed by atoms with Gasteiger partial charge in [-0.1, -0.05) is 0 Å². The fraction of sp³-hybridized carbons (Fsp3) is 0.500. The molecule has 0 saturated carbocycles. The number of nitrogens with zero attached hydrogens (tertiary/aromatic N) is 6. The topological polar surface area (TPSA) is 79.2 Å². The second kappa shape index (κ2) is 9.65. The number of rotatable bonds is 7. The summed E-state index contributed by atoms with van der Waals surface area (Å²) < 4.78 is 2.17. The van der Waals surface area contributed by atoms with Crippen molar-refractivity contribution in [1.29, 1.82) is 0 Å². The van der Waals surface area contributed by atoms with E-state index in [1.807, 2.05) is 44.4 Å². The number of fused-ring (bicyclic) bond motifs is 1. The fourth-order valence-corrected chi connectivity index (χ4v) is 4.34. The minimum Gasteiger partial charge on any atom is -0.340 e. The van der Waals surface area contributed by atoms with Gasteiger partial charge in [-0.15, -0.1) is 0 Å². The summed E-state index contributed by atoms with van der Waals surface area (Å²) in [6.07, 6.45) is 4.77. The Morgan fingerprint density at radius 2 is 1.97 bits per heavy atom. The third-order valence-electron chi connectivity index (χ3n) is 5.94. The van der Waals surface area contributed by atoms with E-state index in [0.29, 0.717) is 6.54 Å². The molecular weight excluding hydrogens is 402 g/mol. The van der Waals surface area contributed by atoms with Crippen LogP contribution < -0.4 is 10.2 Å². The van der Waals surface area contributed by atoms with E-state index < -0.39 is 0 Å². The molecule has 3 heterocycles. The van der Waals surface area contributed by atoms with E-state index in [0.717, 1.165) is 73.0 Å². The van der Waals surface area contributed by atoms with Crippen LogP contribution in [0.1, 0.15) is 30.7 Å². The molecule has 0 radical (unpaired) electrons. The normalized spacial score (nSPS) is 16.7. The Balaban J connectivity index is 1.40. The quantitative estimate of drug-likeness (QED) is 0.614. The Kier molecular flexibility index (Phi) is 6.69. The van der Waals surface area contributed by atoms with Crippen molar-refractivity contribution in [2.45, 2.75) is 39.7 Å². The van der Waals surface area contributed by atoms with Crippen LogP contribution in [0, 0.1) is 19.8 Å². The van der Waals surface area contributed by atoms with Crippen LogP contribution in [0.5, 0.6) is 0 Å². The van der Waals surface area contributed by atoms with Gasteiger partial charge >= 0.3 is 0 Å². The van der Waals surface area contributed by atoms with Gasteiger partial charge in [-0.05, 0) is 78.0 Å². The zero-order valence-corrected chi connectivity index (χ0v) is 19.5. The molecule has 0 spiro atoms. The number of benzene rings is 1. The Labute approximate surface area is 189 Å². The number of carbonyl (C=O) groups is 1. The summed E-state index contributed by atoms with van der Waals surface area (Å²) in [4.78, 5) is 31.0. The van der Waals surface area contributed by atoms with Crippen LogP contribution in [0.4, 0.5) is 11.6 Å². The molecule has 4 rings (SSSR count). The summed E-state index contributed by atoms with van der Waals surface area (Å²) in [7, 11) is 4.17. The zero-order chi connectivity index (χ0) is 22.7. The lowest BCUT2D eigenvalue weighted by Gasteiger charge is -2.32. The first-order valence-corrected chi connectivity index (χ1v) is 11.4. The maximum absolute atomic E-state index is 13.0. The highest BCUT2D eigenvalue weighted by atomic mass is 16.1. The Morgan fingerprint density at radius 3 is 2.72 bits per heavy atom. The van der Waals surface area contributed by atoms with Gasteiger partial charge in [0, 0.05) is 36.7 Å². The second-order valence-corrected chi connectivity index (χ2v) is 9.02. The van der Waals surface area contributed by atoms with Crippen molar-refractivity contribution in [2.75, 3.05) is 43.9 Å². The number of anilines is 2. The smallest absolute Gasteiger partial charge is 0.229 e. The number of nitrogens with one attached hydrogen (secondary N) is 1. The van der Waals surface area contributed by atoms with Gasteiger partial charge in [0.1, 0.15) is 0 Å². The number of imidazole rings is 1. The standard InChI is InChI=1S/C24H33N7O/c1-17-13-18(2)27-24(26-17)30-11-5-7-19(15-30)23(32)28-20-8-9-22-21(14-20)25-16-31(22)12-6-10-29(3)4/h8-9,13-14,16,19H,5-7,10-12,15H2,1-4H3,(H,28,32). The van der Waals surface area contributed by atoms with E-state index in [4.69, 9.17) is 0 Å². The summed E-state index contributed by atoms with van der Waals surface area (Å²) in [5.41, 5.74) is 4.70. The van der Waals surface area contributed by atoms with E-state index in [1.165, 1.54) is 0 Å². The lowest BCUT2D eigenvalue weighted by Crippen LogP contribution is -2.41. The lowest BCUT2D eigenvalue weighted by atomic mass is 9.97. The first-order chi connectivity index (χ1) is 15.4. The molecule has 1 aromatic carbocycles. The number of aromatic nitrogens is 4. The third kappa shape index (κ3) is 5.24. The van der Waals surface area contributed by atoms with Crippen LogP contribution in [0.25, 0.3) is 11.0 Å². The van der Waals surface area contributed by atoms with Crippen molar-refractivity contribution in [3.63, 3.8) is 0 Å². The molecule has 8 heteroatoms. The number of aryl methyl sites for hydroxylation is 3. The van der Waals surface area contributed by atoms with E-state index in [9.17, 15) is 4.79 Å². The van der Waals surface area contributed by atoms with Gasteiger partial charge < -0.3 is 19.7 Å². The molecule has 1 atom stereocenters. The highest BCUT2D eigenvalue weighted by Crippen LogP contribution is 2.24. The molecule has 2 aromatic heterocycles. The average molecular weight is 436 g/mol. The molecule has 1 aliphatic heterocycles. The van der Waals surface area contributed by atoms with Crippen LogP contribution in [-0.4, -0.2) is 64.1 Å². The third-order valence-corrected chi connectivity index (χ3v) is 5.94. The summed E-state index contributed by atoms with van der Waals surface area (Å²) in [6, 6.07) is 7.95. The largest absolute Gasteiger partial charge is 0.340 e. The number of amides is 1. The van der Waals surface area contributed by atoms with Gasteiger partial charge in [0.2, 0.25) is 11.9 Å². The highest BCUT2D eigenvalue weighted by Gasteiger charge is 2.27. The van der Waals surface area contributed by atoms with Gasteiger partial charge in [0.05, 0.1) is 23.3 Å². The van der Waals surface area contributed by atoms with Gasteiger partial charge in [-0.25, -0.2) is 15.0 Å². The minimum atomic E-state index is -0.0903. The van der Waals surface area contributed by atoms with Crippen molar-refractivity contribution in [3.8, 4) is 0 Å². The number of hydrogen-bond acceptors (Lipinski definition) is 6. The molecule has 1 unspecified atom stereocenters. The van der Waals surface area contributed by atoms with Crippen LogP contribution >= 0.6 is 0 Å². The molecule has 1 fully saturated rings. The van der Waals surface area contributed by atoms with Gasteiger partial charge in [0.15, 0.2) is 0 Å². The second-order valence-electron chi connectivity index (χ2n) is 9.02. The molecule has 3 aromatic rings. The molecule has 1 aliphatic rings. The molecule has 1 N–H and O–H groups in total. The number of piperidine rings is 1. The molecular formula is C24H33N7O. The summed E-state index contributed by atoms with van der Waals surface area (Å²) in [6.45, 7) is 7.44. The Bertz CT molecular complexity index is 1070. The maximum atomic E-state index is 13.0. The molecule has 32 heavy (non-hydrogen) atoms. The molecule has 1 saturated heterocycles. The van der Waals surface area contributed by atoms with Gasteiger partial charge in [-0.3, -0.25) is 4.79 Å². The monoisotopic (exact) mass is 435 g/mol. The Morgan fingerprint density at radius 1 is 1.19 bits per heavy atom. The van der Waals surface area contributed by atoms with Crippen molar-refractivity contribution in [3.05, 3.63) is 42.0 Å². The van der Waals surface area contributed by atoms with Crippen molar-refractivity contribution >= 4 is 28.6 Å². The van der Waals surface area contributed by atoms with Crippen molar-refractivity contribution < 1.29 is 4.79 Å². The maximum Gasteiger partial charge on any atom is 0.229 e. The van der Waals surface area contributed by atoms with Crippen LogP contribution in [0.2, 0.25) is 0 Å². The lowest BCUT2D eigenvalue weighted by molar-refractivity contribution is -0.120. The predicted octanol–water partition coefficient (Wildman–Crippen LogP) is 3.25. The average Bonchev–Trinajstić information content (AvgIpc) is 3.15. The van der Waals surface area contributed by atoms with Crippen LogP contribution in [-0.2, 0) is 11.3 Å². The van der Waals surface area contributed by atoms with E-state index in [-0.39, 0.29) is 11.8 Å². The highest BCUT2D eigenvalue weighted by molar-refractivity contribution is 5.95. The zero-order valence-electron chi connectivity index (χ0n) is 19.5. The van der Waals surface area contributed by atoms with E-state index >= 15 is 0 Å². The Hall–Kier alpha value is -3.00. The van der Waals surface area contributed by atoms with Crippen molar-refractivity contribution in [1.82, 2.24) is 24.4 Å². The predicted molar refractivity (Wildman–Crippen MR) is 128 cm³/mol. The van der Waals surface area contributed by atoms with Gasteiger partial charge in [-0.2, -0.15) is 0 Å². The molecule has 170 valence electrons. The van der Waals surface area contributed by atoms with E-state index in [1.54, 1.807) is 0 Å². The molecule has 8 nitrogen and oxygen atoms in total. The number of hydrogen-bond donors (Lipinski definition) is 1. The molecule has 0 aliphatic carbocycles. The molecule has 1 amide bonds. The van der Waals surface area contributed by atoms with Gasteiger partial charge in [0.25, 0.3) is 0 Å². The SMILES string of the molecule is Cc1cc(C)nc(N2CCCC(C(=O)Nc3ccc4c(c3)ncn4CCCN(C)C)C2)n1. The van der Waals surface area contributed by atoms with Crippen LogP contribution in [0.15, 0.2) is 30.6 Å². The minimum absolute atomic E-state index is 0.0452. The summed E-state index contributed by atoms with van der Waals surface area (Å²) in [5, 5.41) is 3.10. The first-order valence-electron chi connectivity index (χ1n) is 11.4.